The number of methoxy groups -OCH3 is 1. The number of carbonyl (C=O) groups excluding carboxylic acids is 1. The van der Waals surface area contributed by atoms with E-state index in [1.165, 1.54) is 0 Å². The van der Waals surface area contributed by atoms with Crippen LogP contribution in [0.5, 0.6) is 5.75 Å². The quantitative estimate of drug-likeness (QED) is 0.747. The topological polar surface area (TPSA) is 74.0 Å². The fraction of sp³-hybridized carbons (Fsp3) is 0.278. The smallest absolute Gasteiger partial charge is 0.272 e. The number of hydrogen-bond donors (Lipinski definition) is 1. The summed E-state index contributed by atoms with van der Waals surface area (Å²) in [6.07, 6.45) is 1.77. The summed E-state index contributed by atoms with van der Waals surface area (Å²) in [5.74, 6) is 0.524. The molecule has 0 fully saturated rings. The molecule has 3 rings (SSSR count). The molecule has 0 radical (unpaired) electrons. The van der Waals surface area contributed by atoms with E-state index in [1.807, 2.05) is 48.9 Å². The third-order valence-electron chi connectivity index (χ3n) is 3.89. The first-order chi connectivity index (χ1) is 12.1. The molecule has 0 unspecified atom stereocenters. The van der Waals surface area contributed by atoms with Gasteiger partial charge in [-0.3, -0.25) is 9.48 Å². The standard InChI is InChI=1S/C18H21N5O2/c1-13-10-14(2)23(20-13)12-22-9-8-16(21-22)18(24)19-11-15-6-4-5-7-17(15)25-3/h4-10H,11-12H2,1-3H3,(H,19,24). The van der Waals surface area contributed by atoms with Crippen molar-refractivity contribution in [1.29, 1.82) is 0 Å². The van der Waals surface area contributed by atoms with Gasteiger partial charge in [-0.15, -0.1) is 0 Å². The average molecular weight is 339 g/mol. The van der Waals surface area contributed by atoms with Gasteiger partial charge in [0.25, 0.3) is 5.91 Å². The SMILES string of the molecule is COc1ccccc1CNC(=O)c1ccn(Cn2nc(C)cc2C)n1. The van der Waals surface area contributed by atoms with Crippen LogP contribution in [0.1, 0.15) is 27.4 Å². The molecule has 2 aromatic heterocycles. The molecular formula is C18H21N5O2. The maximum Gasteiger partial charge on any atom is 0.272 e. The Bertz CT molecular complexity index is 881. The van der Waals surface area contributed by atoms with E-state index >= 15 is 0 Å². The van der Waals surface area contributed by atoms with Gasteiger partial charge in [0.15, 0.2) is 0 Å². The first kappa shape index (κ1) is 16.8. The van der Waals surface area contributed by atoms with Crippen molar-refractivity contribution in [2.75, 3.05) is 7.11 Å². The van der Waals surface area contributed by atoms with Crippen LogP contribution in [0.2, 0.25) is 0 Å². The van der Waals surface area contributed by atoms with Crippen molar-refractivity contribution < 1.29 is 9.53 Å². The second-order valence-electron chi connectivity index (χ2n) is 5.80. The molecule has 0 saturated carbocycles. The van der Waals surface area contributed by atoms with Crippen LogP contribution >= 0.6 is 0 Å². The molecule has 0 aliphatic rings. The lowest BCUT2D eigenvalue weighted by atomic mass is 10.2. The molecule has 130 valence electrons. The zero-order valence-corrected chi connectivity index (χ0v) is 14.6. The van der Waals surface area contributed by atoms with Gasteiger partial charge in [0, 0.05) is 24.0 Å². The Labute approximate surface area is 146 Å². The molecule has 1 amide bonds. The normalized spacial score (nSPS) is 10.7. The first-order valence-electron chi connectivity index (χ1n) is 8.01. The van der Waals surface area contributed by atoms with Crippen LogP contribution in [0.4, 0.5) is 0 Å². The highest BCUT2D eigenvalue weighted by molar-refractivity contribution is 5.92. The molecule has 0 aliphatic heterocycles. The van der Waals surface area contributed by atoms with Gasteiger partial charge in [0.2, 0.25) is 0 Å². The molecule has 1 aromatic carbocycles. The molecule has 3 aromatic rings. The zero-order chi connectivity index (χ0) is 17.8. The molecule has 7 nitrogen and oxygen atoms in total. The number of aryl methyl sites for hydroxylation is 2. The van der Waals surface area contributed by atoms with Crippen LogP contribution in [0.15, 0.2) is 42.6 Å². The fourth-order valence-corrected chi connectivity index (χ4v) is 2.63. The van der Waals surface area contributed by atoms with Crippen LogP contribution in [0.25, 0.3) is 0 Å². The lowest BCUT2D eigenvalue weighted by Crippen LogP contribution is -2.24. The highest BCUT2D eigenvalue weighted by Gasteiger charge is 2.11. The lowest BCUT2D eigenvalue weighted by molar-refractivity contribution is 0.0944. The summed E-state index contributed by atoms with van der Waals surface area (Å²) in [6.45, 7) is 4.79. The Morgan fingerprint density at radius 3 is 2.72 bits per heavy atom. The second-order valence-corrected chi connectivity index (χ2v) is 5.80. The van der Waals surface area contributed by atoms with Gasteiger partial charge < -0.3 is 10.1 Å². The predicted molar refractivity (Wildman–Crippen MR) is 93.5 cm³/mol. The summed E-state index contributed by atoms with van der Waals surface area (Å²) in [6, 6.07) is 11.3. The summed E-state index contributed by atoms with van der Waals surface area (Å²) in [5, 5.41) is 11.6. The van der Waals surface area contributed by atoms with E-state index in [9.17, 15) is 4.79 Å². The maximum atomic E-state index is 12.3. The lowest BCUT2D eigenvalue weighted by Gasteiger charge is -2.08. The molecule has 0 bridgehead atoms. The Kier molecular flexibility index (Phi) is 4.83. The third kappa shape index (κ3) is 3.88. The molecule has 7 heteroatoms. The van der Waals surface area contributed by atoms with Gasteiger partial charge in [-0.25, -0.2) is 4.68 Å². The van der Waals surface area contributed by atoms with Gasteiger partial charge in [-0.05, 0) is 32.0 Å². The summed E-state index contributed by atoms with van der Waals surface area (Å²) in [5.41, 5.74) is 3.30. The van der Waals surface area contributed by atoms with E-state index < -0.39 is 0 Å². The minimum Gasteiger partial charge on any atom is -0.496 e. The maximum absolute atomic E-state index is 12.3. The molecule has 0 spiro atoms. The number of nitrogens with one attached hydrogen (secondary N) is 1. The van der Waals surface area contributed by atoms with Crippen molar-refractivity contribution in [3.8, 4) is 5.75 Å². The predicted octanol–water partition coefficient (Wildman–Crippen LogP) is 2.14. The summed E-state index contributed by atoms with van der Waals surface area (Å²) >= 11 is 0. The molecule has 0 atom stereocenters. The number of ether oxygens (including phenoxy) is 1. The Hall–Kier alpha value is -3.09. The van der Waals surface area contributed by atoms with Crippen molar-refractivity contribution in [1.82, 2.24) is 24.9 Å². The Balaban J connectivity index is 1.63. The van der Waals surface area contributed by atoms with E-state index in [0.29, 0.717) is 18.9 Å². The number of carbonyl (C=O) groups is 1. The van der Waals surface area contributed by atoms with Gasteiger partial charge in [-0.1, -0.05) is 18.2 Å². The number of amides is 1. The van der Waals surface area contributed by atoms with Crippen LogP contribution in [0.3, 0.4) is 0 Å². The minimum atomic E-state index is -0.224. The molecule has 1 N–H and O–H groups in total. The molecule has 25 heavy (non-hydrogen) atoms. The summed E-state index contributed by atoms with van der Waals surface area (Å²) < 4.78 is 8.82. The molecule has 0 saturated heterocycles. The van der Waals surface area contributed by atoms with Gasteiger partial charge in [0.1, 0.15) is 18.1 Å². The van der Waals surface area contributed by atoms with Crippen LogP contribution in [0, 0.1) is 13.8 Å². The number of benzene rings is 1. The van der Waals surface area contributed by atoms with Crippen molar-refractivity contribution in [3.63, 3.8) is 0 Å². The largest absolute Gasteiger partial charge is 0.496 e. The van der Waals surface area contributed by atoms with E-state index in [1.54, 1.807) is 24.1 Å². The van der Waals surface area contributed by atoms with Crippen molar-refractivity contribution in [2.45, 2.75) is 27.1 Å². The summed E-state index contributed by atoms with van der Waals surface area (Å²) in [7, 11) is 1.61. The molecule has 0 aliphatic carbocycles. The zero-order valence-electron chi connectivity index (χ0n) is 14.6. The van der Waals surface area contributed by atoms with Crippen LogP contribution in [-0.2, 0) is 13.2 Å². The minimum absolute atomic E-state index is 0.224. The monoisotopic (exact) mass is 339 g/mol. The molecular weight excluding hydrogens is 318 g/mol. The number of hydrogen-bond acceptors (Lipinski definition) is 4. The summed E-state index contributed by atoms with van der Waals surface area (Å²) in [4.78, 5) is 12.3. The van der Waals surface area contributed by atoms with E-state index in [-0.39, 0.29) is 5.91 Å². The van der Waals surface area contributed by atoms with Crippen molar-refractivity contribution in [2.24, 2.45) is 0 Å². The number of para-hydroxylation sites is 1. The van der Waals surface area contributed by atoms with E-state index in [2.05, 4.69) is 15.5 Å². The highest BCUT2D eigenvalue weighted by atomic mass is 16.5. The van der Waals surface area contributed by atoms with Gasteiger partial charge in [-0.2, -0.15) is 10.2 Å². The highest BCUT2D eigenvalue weighted by Crippen LogP contribution is 2.16. The number of nitrogens with zero attached hydrogens (tertiary/aromatic N) is 4. The van der Waals surface area contributed by atoms with Crippen molar-refractivity contribution >= 4 is 5.91 Å². The average Bonchev–Trinajstić information content (AvgIpc) is 3.19. The van der Waals surface area contributed by atoms with Crippen LogP contribution < -0.4 is 10.1 Å². The van der Waals surface area contributed by atoms with E-state index in [4.69, 9.17) is 4.74 Å². The number of aromatic nitrogens is 4. The van der Waals surface area contributed by atoms with Crippen LogP contribution in [-0.4, -0.2) is 32.6 Å². The molecule has 2 heterocycles. The van der Waals surface area contributed by atoms with Crippen molar-refractivity contribution in [3.05, 3.63) is 65.2 Å². The Morgan fingerprint density at radius 1 is 1.20 bits per heavy atom. The Morgan fingerprint density at radius 2 is 2.00 bits per heavy atom. The fourth-order valence-electron chi connectivity index (χ4n) is 2.63. The van der Waals surface area contributed by atoms with Gasteiger partial charge >= 0.3 is 0 Å². The third-order valence-corrected chi connectivity index (χ3v) is 3.89. The number of rotatable bonds is 6. The first-order valence-corrected chi connectivity index (χ1v) is 8.01. The van der Waals surface area contributed by atoms with Gasteiger partial charge in [0.05, 0.1) is 12.8 Å². The second kappa shape index (κ2) is 7.21. The van der Waals surface area contributed by atoms with E-state index in [0.717, 1.165) is 22.7 Å².